The number of thioether (sulfide) groups is 1. The largest absolute Gasteiger partial charge is 0.352 e. The molecule has 0 aromatic heterocycles. The molecule has 0 spiro atoms. The summed E-state index contributed by atoms with van der Waals surface area (Å²) in [7, 11) is 0. The summed E-state index contributed by atoms with van der Waals surface area (Å²) in [5.74, 6) is 0.968. The number of benzene rings is 1. The third-order valence-electron chi connectivity index (χ3n) is 3.24. The third kappa shape index (κ3) is 5.37. The number of amides is 1. The quantitative estimate of drug-likeness (QED) is 0.777. The summed E-state index contributed by atoms with van der Waals surface area (Å²) in [4.78, 5) is 13.3. The van der Waals surface area contributed by atoms with Gasteiger partial charge in [0.2, 0.25) is 5.91 Å². The van der Waals surface area contributed by atoms with Crippen LogP contribution in [0.2, 0.25) is 5.02 Å². The van der Waals surface area contributed by atoms with E-state index in [1.54, 1.807) is 11.8 Å². The Bertz CT molecular complexity index is 423. The predicted molar refractivity (Wildman–Crippen MR) is 88.4 cm³/mol. The molecule has 0 radical (unpaired) electrons. The zero-order valence-corrected chi connectivity index (χ0v) is 14.4. The van der Waals surface area contributed by atoms with E-state index in [0.29, 0.717) is 16.9 Å². The molecule has 0 saturated carbocycles. The van der Waals surface area contributed by atoms with Crippen LogP contribution in [0.3, 0.4) is 0 Å². The second-order valence-electron chi connectivity index (χ2n) is 5.74. The van der Waals surface area contributed by atoms with Crippen LogP contribution in [0.5, 0.6) is 0 Å². The van der Waals surface area contributed by atoms with Crippen molar-refractivity contribution in [2.45, 2.75) is 50.8 Å². The van der Waals surface area contributed by atoms with Gasteiger partial charge in [-0.05, 0) is 43.0 Å². The Morgan fingerprint density at radius 1 is 1.05 bits per heavy atom. The van der Waals surface area contributed by atoms with Crippen molar-refractivity contribution in [2.75, 3.05) is 0 Å². The molecule has 112 valence electrons. The van der Waals surface area contributed by atoms with Gasteiger partial charge in [-0.15, -0.1) is 11.8 Å². The van der Waals surface area contributed by atoms with E-state index in [9.17, 15) is 4.79 Å². The summed E-state index contributed by atoms with van der Waals surface area (Å²) in [6.45, 7) is 10.5. The molecular weight excluding hydrogens is 290 g/mol. The highest BCUT2D eigenvalue weighted by Crippen LogP contribution is 2.25. The van der Waals surface area contributed by atoms with Crippen molar-refractivity contribution in [2.24, 2.45) is 11.8 Å². The molecule has 1 amide bonds. The van der Waals surface area contributed by atoms with Crippen molar-refractivity contribution in [3.05, 3.63) is 29.3 Å². The van der Waals surface area contributed by atoms with E-state index in [0.717, 1.165) is 4.90 Å². The minimum atomic E-state index is -0.115. The van der Waals surface area contributed by atoms with Crippen LogP contribution in [0.25, 0.3) is 0 Å². The van der Waals surface area contributed by atoms with Crippen molar-refractivity contribution in [3.8, 4) is 0 Å². The first-order valence-corrected chi connectivity index (χ1v) is 8.29. The van der Waals surface area contributed by atoms with Gasteiger partial charge in [0.25, 0.3) is 0 Å². The molecule has 1 atom stereocenters. The first-order chi connectivity index (χ1) is 9.31. The van der Waals surface area contributed by atoms with Crippen molar-refractivity contribution in [1.29, 1.82) is 0 Å². The Balaban J connectivity index is 2.60. The monoisotopic (exact) mass is 313 g/mol. The molecule has 0 heterocycles. The molecule has 1 aromatic rings. The van der Waals surface area contributed by atoms with Gasteiger partial charge in [-0.2, -0.15) is 0 Å². The average Bonchev–Trinajstić information content (AvgIpc) is 2.37. The Kier molecular flexibility index (Phi) is 6.90. The number of carbonyl (C=O) groups is 1. The number of hydrogen-bond acceptors (Lipinski definition) is 2. The fourth-order valence-electron chi connectivity index (χ4n) is 2.16. The second-order valence-corrected chi connectivity index (χ2v) is 7.59. The molecular formula is C16H24ClNOS. The normalized spacial score (nSPS) is 13.1. The summed E-state index contributed by atoms with van der Waals surface area (Å²) in [5, 5.41) is 3.76. The molecule has 20 heavy (non-hydrogen) atoms. The molecule has 0 saturated heterocycles. The van der Waals surface area contributed by atoms with Gasteiger partial charge in [0.05, 0.1) is 5.25 Å². The first-order valence-electron chi connectivity index (χ1n) is 7.04. The molecule has 0 aliphatic rings. The van der Waals surface area contributed by atoms with Gasteiger partial charge in [-0.3, -0.25) is 4.79 Å². The smallest absolute Gasteiger partial charge is 0.233 e. The Morgan fingerprint density at radius 3 is 2.00 bits per heavy atom. The van der Waals surface area contributed by atoms with E-state index in [-0.39, 0.29) is 17.2 Å². The van der Waals surface area contributed by atoms with Crippen LogP contribution < -0.4 is 5.32 Å². The molecule has 4 heteroatoms. The van der Waals surface area contributed by atoms with E-state index >= 15 is 0 Å². The summed E-state index contributed by atoms with van der Waals surface area (Å²) in [6.07, 6.45) is 0. The lowest BCUT2D eigenvalue weighted by Crippen LogP contribution is -2.45. The van der Waals surface area contributed by atoms with Crippen molar-refractivity contribution < 1.29 is 4.79 Å². The maximum absolute atomic E-state index is 12.3. The van der Waals surface area contributed by atoms with E-state index in [1.807, 2.05) is 31.2 Å². The van der Waals surface area contributed by atoms with Gasteiger partial charge in [0.1, 0.15) is 0 Å². The molecule has 0 fully saturated rings. The van der Waals surface area contributed by atoms with Crippen LogP contribution in [0, 0.1) is 11.8 Å². The van der Waals surface area contributed by atoms with Gasteiger partial charge < -0.3 is 5.32 Å². The lowest BCUT2D eigenvalue weighted by molar-refractivity contribution is -0.121. The van der Waals surface area contributed by atoms with Crippen molar-refractivity contribution in [3.63, 3.8) is 0 Å². The van der Waals surface area contributed by atoms with Gasteiger partial charge in [0, 0.05) is 16.0 Å². The SMILES string of the molecule is CC(Sc1ccc(Cl)cc1)C(=O)NC(C(C)C)C(C)C. The summed E-state index contributed by atoms with van der Waals surface area (Å²) < 4.78 is 0. The number of carbonyl (C=O) groups excluding carboxylic acids is 1. The van der Waals surface area contributed by atoms with Gasteiger partial charge in [-0.1, -0.05) is 39.3 Å². The Labute approximate surface area is 131 Å². The lowest BCUT2D eigenvalue weighted by atomic mass is 9.93. The minimum absolute atomic E-state index is 0.0948. The lowest BCUT2D eigenvalue weighted by Gasteiger charge is -2.27. The van der Waals surface area contributed by atoms with Crippen LogP contribution in [0.1, 0.15) is 34.6 Å². The summed E-state index contributed by atoms with van der Waals surface area (Å²) in [5.41, 5.74) is 0. The Hall–Kier alpha value is -0.670. The first kappa shape index (κ1) is 17.4. The fourth-order valence-corrected chi connectivity index (χ4v) is 3.16. The zero-order valence-electron chi connectivity index (χ0n) is 12.8. The van der Waals surface area contributed by atoms with Crippen molar-refractivity contribution in [1.82, 2.24) is 5.32 Å². The highest BCUT2D eigenvalue weighted by Gasteiger charge is 2.23. The molecule has 0 bridgehead atoms. The average molecular weight is 314 g/mol. The van der Waals surface area contributed by atoms with E-state index < -0.39 is 0 Å². The van der Waals surface area contributed by atoms with E-state index in [2.05, 4.69) is 33.0 Å². The number of rotatable bonds is 6. The fraction of sp³-hybridized carbons (Fsp3) is 0.562. The van der Waals surface area contributed by atoms with Gasteiger partial charge in [-0.25, -0.2) is 0 Å². The number of hydrogen-bond donors (Lipinski definition) is 1. The number of nitrogens with one attached hydrogen (secondary N) is 1. The van der Waals surface area contributed by atoms with Crippen molar-refractivity contribution >= 4 is 29.3 Å². The molecule has 0 aliphatic carbocycles. The van der Waals surface area contributed by atoms with Crippen LogP contribution in [0.15, 0.2) is 29.2 Å². The maximum atomic E-state index is 12.3. The highest BCUT2D eigenvalue weighted by atomic mass is 35.5. The third-order valence-corrected chi connectivity index (χ3v) is 4.61. The zero-order chi connectivity index (χ0) is 15.3. The van der Waals surface area contributed by atoms with Gasteiger partial charge >= 0.3 is 0 Å². The topological polar surface area (TPSA) is 29.1 Å². The molecule has 1 rings (SSSR count). The Morgan fingerprint density at radius 2 is 1.55 bits per heavy atom. The maximum Gasteiger partial charge on any atom is 0.233 e. The molecule has 1 unspecified atom stereocenters. The molecule has 0 aliphatic heterocycles. The summed E-state index contributed by atoms with van der Waals surface area (Å²) >= 11 is 7.42. The second kappa shape index (κ2) is 7.94. The van der Waals surface area contributed by atoms with Gasteiger partial charge in [0.15, 0.2) is 0 Å². The molecule has 1 aromatic carbocycles. The highest BCUT2D eigenvalue weighted by molar-refractivity contribution is 8.00. The van der Waals surface area contributed by atoms with Crippen LogP contribution in [-0.2, 0) is 4.79 Å². The van der Waals surface area contributed by atoms with Crippen LogP contribution >= 0.6 is 23.4 Å². The standard InChI is InChI=1S/C16H24ClNOS/c1-10(2)15(11(3)4)18-16(19)12(5)20-14-8-6-13(17)7-9-14/h6-12,15H,1-5H3,(H,18,19). The predicted octanol–water partition coefficient (Wildman–Crippen LogP) is 4.62. The molecule has 1 N–H and O–H groups in total. The van der Waals surface area contributed by atoms with Crippen LogP contribution in [-0.4, -0.2) is 17.2 Å². The summed E-state index contributed by atoms with van der Waals surface area (Å²) in [6, 6.07) is 7.80. The minimum Gasteiger partial charge on any atom is -0.352 e. The van der Waals surface area contributed by atoms with E-state index in [4.69, 9.17) is 11.6 Å². The molecule has 2 nitrogen and oxygen atoms in total. The van der Waals surface area contributed by atoms with E-state index in [1.165, 1.54) is 0 Å². The number of halogens is 1. The van der Waals surface area contributed by atoms with Crippen LogP contribution in [0.4, 0.5) is 0 Å².